The quantitative estimate of drug-likeness (QED) is 0.251. The maximum atomic E-state index is 13.8. The molecule has 47 heavy (non-hydrogen) atoms. The summed E-state index contributed by atoms with van der Waals surface area (Å²) in [7, 11) is -3.99. The Morgan fingerprint density at radius 1 is 1.04 bits per heavy atom. The maximum Gasteiger partial charge on any atom is 0.407 e. The number of fused-ring (bicyclic) bond motifs is 4. The molecule has 2 N–H and O–H groups in total. The zero-order chi connectivity index (χ0) is 34.1. The van der Waals surface area contributed by atoms with Gasteiger partial charge in [0.2, 0.25) is 11.8 Å². The largest absolute Gasteiger partial charge is 0.477 e. The van der Waals surface area contributed by atoms with Crippen LogP contribution in [0.25, 0.3) is 11.3 Å². The third-order valence-corrected chi connectivity index (χ3v) is 10.8. The van der Waals surface area contributed by atoms with Gasteiger partial charge in [-0.05, 0) is 105 Å². The highest BCUT2D eigenvalue weighted by Gasteiger charge is 2.44. The minimum Gasteiger partial charge on any atom is -0.477 e. The second-order valence-electron chi connectivity index (χ2n) is 14.8. The van der Waals surface area contributed by atoms with E-state index in [9.17, 15) is 13.2 Å². The summed E-state index contributed by atoms with van der Waals surface area (Å²) in [5.41, 5.74) is 4.62. The molecule has 0 spiro atoms. The van der Waals surface area contributed by atoms with Gasteiger partial charge in [-0.2, -0.15) is 4.98 Å². The SMILES string of the molecule is Cc1cccc(C)c1-c1cc2nc(n1)NS(=O)(=O)c1cccc(c1)C([C@@H](C)C[C@]1(C)C[C@@H](NC(=O)OC(C)C)C1)[C@H](CC(C)C)CO2. The molecule has 1 aromatic heterocycles. The van der Waals surface area contributed by atoms with Crippen molar-refractivity contribution in [3.8, 4) is 17.1 Å². The highest BCUT2D eigenvalue weighted by atomic mass is 32.2. The monoisotopic (exact) mass is 662 g/mol. The standard InChI is InChI=1S/C37H50N4O5S/c1-22(2)15-28-21-45-32-17-31(33-24(5)11-9-12-25(33)6)39-35(40-32)41-47(43,44)30-14-10-13-27(16-30)34(28)26(7)18-37(8)19-29(20-37)38-36(42)46-23(3)4/h9-14,16-17,22-23,26,28-29,34H,15,18-21H2,1-8H3,(H,38,42)(H,39,40,41)/t26-,28+,29-,34?,37-/m0/s1. The third-order valence-electron chi connectivity index (χ3n) is 9.52. The molecular formula is C37H50N4O5S. The fourth-order valence-corrected chi connectivity index (χ4v) is 8.86. The van der Waals surface area contributed by atoms with Gasteiger partial charge in [0.05, 0.1) is 23.3 Å². The molecule has 0 saturated heterocycles. The average Bonchev–Trinajstić information content (AvgIpc) is 2.94. The number of carbonyl (C=O) groups is 1. The molecule has 10 heteroatoms. The van der Waals surface area contributed by atoms with Gasteiger partial charge in [-0.25, -0.2) is 22.9 Å². The lowest BCUT2D eigenvalue weighted by Gasteiger charge is -2.48. The van der Waals surface area contributed by atoms with E-state index in [4.69, 9.17) is 9.47 Å². The van der Waals surface area contributed by atoms with E-state index in [1.807, 2.05) is 70.2 Å². The van der Waals surface area contributed by atoms with Crippen LogP contribution < -0.4 is 14.8 Å². The first kappa shape index (κ1) is 34.7. The number of benzene rings is 2. The molecule has 2 aromatic carbocycles. The first-order valence-electron chi connectivity index (χ1n) is 16.8. The molecule has 2 aliphatic rings. The zero-order valence-electron chi connectivity index (χ0n) is 29.0. The Kier molecular flexibility index (Phi) is 10.2. The van der Waals surface area contributed by atoms with Crippen molar-refractivity contribution in [2.24, 2.45) is 23.2 Å². The average molecular weight is 663 g/mol. The van der Waals surface area contributed by atoms with Crippen LogP contribution in [-0.2, 0) is 14.8 Å². The van der Waals surface area contributed by atoms with Gasteiger partial charge < -0.3 is 14.8 Å². The Morgan fingerprint density at radius 2 is 1.72 bits per heavy atom. The van der Waals surface area contributed by atoms with Gasteiger partial charge in [-0.1, -0.05) is 58.0 Å². The van der Waals surface area contributed by atoms with E-state index < -0.39 is 10.0 Å². The van der Waals surface area contributed by atoms with Gasteiger partial charge in [0.25, 0.3) is 10.0 Å². The Bertz CT molecular complexity index is 1680. The molecule has 1 saturated carbocycles. The number of rotatable bonds is 8. The van der Waals surface area contributed by atoms with Gasteiger partial charge in [0.1, 0.15) is 0 Å². The lowest BCUT2D eigenvalue weighted by molar-refractivity contribution is 0.0487. The van der Waals surface area contributed by atoms with E-state index in [0.717, 1.165) is 47.9 Å². The highest BCUT2D eigenvalue weighted by molar-refractivity contribution is 7.92. The number of alkyl carbamates (subject to hydrolysis) is 1. The Labute approximate surface area is 280 Å². The number of ether oxygens (including phenoxy) is 2. The molecule has 9 nitrogen and oxygen atoms in total. The number of aryl methyl sites for hydroxylation is 2. The fraction of sp³-hybridized carbons (Fsp3) is 0.541. The van der Waals surface area contributed by atoms with E-state index in [-0.39, 0.29) is 52.3 Å². The van der Waals surface area contributed by atoms with Crippen LogP contribution >= 0.6 is 0 Å². The smallest absolute Gasteiger partial charge is 0.407 e. The number of anilines is 1. The molecule has 3 atom stereocenters. The van der Waals surface area contributed by atoms with E-state index in [2.05, 4.69) is 47.7 Å². The topological polar surface area (TPSA) is 120 Å². The molecular weight excluding hydrogens is 612 g/mol. The molecule has 1 aliphatic carbocycles. The summed E-state index contributed by atoms with van der Waals surface area (Å²) in [4.78, 5) is 21.6. The number of nitrogens with one attached hydrogen (secondary N) is 2. The van der Waals surface area contributed by atoms with Gasteiger partial charge >= 0.3 is 6.09 Å². The minimum atomic E-state index is -3.99. The van der Waals surface area contributed by atoms with Crippen LogP contribution in [0.5, 0.6) is 5.88 Å². The summed E-state index contributed by atoms with van der Waals surface area (Å²) in [5.74, 6) is 1.04. The molecule has 1 amide bonds. The Morgan fingerprint density at radius 3 is 2.38 bits per heavy atom. The normalized spacial score (nSPS) is 24.2. The van der Waals surface area contributed by atoms with Crippen LogP contribution in [0.1, 0.15) is 89.8 Å². The second-order valence-corrected chi connectivity index (χ2v) is 16.5. The van der Waals surface area contributed by atoms with Crippen molar-refractivity contribution in [3.05, 3.63) is 65.2 Å². The molecule has 1 aliphatic heterocycles. The van der Waals surface area contributed by atoms with E-state index >= 15 is 0 Å². The lowest BCUT2D eigenvalue weighted by Crippen LogP contribution is -2.50. The van der Waals surface area contributed by atoms with E-state index in [1.54, 1.807) is 6.07 Å². The first-order chi connectivity index (χ1) is 22.1. The number of hydrogen-bond acceptors (Lipinski definition) is 7. The second kappa shape index (κ2) is 13.8. The number of aromatic nitrogens is 2. The van der Waals surface area contributed by atoms with Crippen molar-refractivity contribution in [1.29, 1.82) is 0 Å². The molecule has 1 fully saturated rings. The zero-order valence-corrected chi connectivity index (χ0v) is 29.8. The van der Waals surface area contributed by atoms with Gasteiger partial charge in [0.15, 0.2) is 0 Å². The summed E-state index contributed by atoms with van der Waals surface area (Å²) < 4.78 is 42.0. The summed E-state index contributed by atoms with van der Waals surface area (Å²) in [6.07, 6.45) is 3.02. The summed E-state index contributed by atoms with van der Waals surface area (Å²) in [5, 5.41) is 3.01. The number of sulfonamides is 1. The van der Waals surface area contributed by atoms with Crippen molar-refractivity contribution in [2.45, 2.75) is 104 Å². The molecule has 254 valence electrons. The number of nitrogens with zero attached hydrogens (tertiary/aromatic N) is 2. The van der Waals surface area contributed by atoms with Crippen LogP contribution in [0.2, 0.25) is 0 Å². The number of carbonyl (C=O) groups excluding carboxylic acids is 1. The van der Waals surface area contributed by atoms with Crippen LogP contribution in [0.15, 0.2) is 53.4 Å². The van der Waals surface area contributed by atoms with Crippen molar-refractivity contribution >= 4 is 22.1 Å². The molecule has 4 bridgehead atoms. The maximum absolute atomic E-state index is 13.8. The van der Waals surface area contributed by atoms with Crippen molar-refractivity contribution in [1.82, 2.24) is 15.3 Å². The van der Waals surface area contributed by atoms with Crippen LogP contribution in [0.3, 0.4) is 0 Å². The van der Waals surface area contributed by atoms with Crippen LogP contribution in [0.4, 0.5) is 10.7 Å². The molecule has 3 aromatic rings. The van der Waals surface area contributed by atoms with E-state index in [0.29, 0.717) is 24.1 Å². The fourth-order valence-electron chi connectivity index (χ4n) is 7.86. The lowest BCUT2D eigenvalue weighted by atomic mass is 9.60. The van der Waals surface area contributed by atoms with Gasteiger partial charge in [0, 0.05) is 23.6 Å². The van der Waals surface area contributed by atoms with Crippen LogP contribution in [0, 0.1) is 37.0 Å². The molecule has 0 radical (unpaired) electrons. The predicted molar refractivity (Wildman–Crippen MR) is 185 cm³/mol. The Hall–Kier alpha value is -3.66. The van der Waals surface area contributed by atoms with E-state index in [1.165, 1.54) is 0 Å². The Balaban J connectivity index is 1.50. The summed E-state index contributed by atoms with van der Waals surface area (Å²) >= 11 is 0. The van der Waals surface area contributed by atoms with Crippen molar-refractivity contribution in [2.75, 3.05) is 11.3 Å². The molecule has 1 unspecified atom stereocenters. The van der Waals surface area contributed by atoms with Gasteiger partial charge in [-0.3, -0.25) is 0 Å². The van der Waals surface area contributed by atoms with Crippen LogP contribution in [-0.4, -0.2) is 43.2 Å². The molecule has 5 rings (SSSR count). The summed E-state index contributed by atoms with van der Waals surface area (Å²) in [6.45, 7) is 17.1. The minimum absolute atomic E-state index is 0.0187. The van der Waals surface area contributed by atoms with Crippen molar-refractivity contribution in [3.63, 3.8) is 0 Å². The predicted octanol–water partition coefficient (Wildman–Crippen LogP) is 8.03. The first-order valence-corrected chi connectivity index (χ1v) is 18.3. The molecule has 2 heterocycles. The summed E-state index contributed by atoms with van der Waals surface area (Å²) in [6, 6.07) is 15.2. The van der Waals surface area contributed by atoms with Crippen molar-refractivity contribution < 1.29 is 22.7 Å². The number of hydrogen-bond donors (Lipinski definition) is 2. The highest BCUT2D eigenvalue weighted by Crippen LogP contribution is 2.50. The third kappa shape index (κ3) is 8.26. The van der Waals surface area contributed by atoms with Gasteiger partial charge in [-0.15, -0.1) is 0 Å². The number of amides is 1.